The maximum absolute atomic E-state index is 10.8. The fourth-order valence-corrected chi connectivity index (χ4v) is 5.85. The fraction of sp³-hybridized carbons (Fsp3) is 0.368. The van der Waals surface area contributed by atoms with E-state index in [2.05, 4.69) is 11.1 Å². The van der Waals surface area contributed by atoms with E-state index in [9.17, 15) is 5.11 Å². The summed E-state index contributed by atoms with van der Waals surface area (Å²) < 4.78 is 0. The molecule has 1 aromatic heterocycles. The molecule has 1 fully saturated rings. The van der Waals surface area contributed by atoms with Crippen molar-refractivity contribution >= 4 is 50.9 Å². The predicted molar refractivity (Wildman–Crippen MR) is 101 cm³/mol. The molecule has 0 spiro atoms. The molecule has 2 unspecified atom stereocenters. The molecule has 128 valence electrons. The minimum atomic E-state index is -1.18. The lowest BCUT2D eigenvalue weighted by atomic mass is 9.74. The van der Waals surface area contributed by atoms with E-state index in [0.717, 1.165) is 28.6 Å². The number of hydrogen-bond acceptors (Lipinski definition) is 3. The highest BCUT2D eigenvalue weighted by atomic mass is 35.5. The second-order valence-electron chi connectivity index (χ2n) is 7.27. The average molecular weight is 394 g/mol. The monoisotopic (exact) mass is 392 g/mol. The minimum absolute atomic E-state index is 0.0133. The van der Waals surface area contributed by atoms with Crippen molar-refractivity contribution in [3.8, 4) is 0 Å². The largest absolute Gasteiger partial charge is 0.509 e. The van der Waals surface area contributed by atoms with Crippen molar-refractivity contribution in [2.45, 2.75) is 30.0 Å². The van der Waals surface area contributed by atoms with Crippen LogP contribution in [0.15, 0.2) is 30.0 Å². The van der Waals surface area contributed by atoms with Gasteiger partial charge >= 0.3 is 0 Å². The van der Waals surface area contributed by atoms with Crippen LogP contribution in [0.5, 0.6) is 0 Å². The standard InChI is InChI=1S/C19H15Cl3N2O/c1-8-5-12-13(6-9(8)2)24-16-15(23-12)14(20)17(25)19(22)11-4-3-10(7-11)18(16,19)21/h3-6,10-11,25H,7H2,1-2H3/t10-,11+,18?,19?/m0/s1. The maximum atomic E-state index is 10.8. The van der Waals surface area contributed by atoms with Gasteiger partial charge in [-0.3, -0.25) is 0 Å². The van der Waals surface area contributed by atoms with E-state index in [-0.39, 0.29) is 22.6 Å². The molecule has 0 aliphatic heterocycles. The Balaban J connectivity index is 1.90. The summed E-state index contributed by atoms with van der Waals surface area (Å²) in [6.45, 7) is 4.07. The average Bonchev–Trinajstić information content (AvgIpc) is 3.15. The van der Waals surface area contributed by atoms with E-state index in [4.69, 9.17) is 39.8 Å². The summed E-state index contributed by atoms with van der Waals surface area (Å²) in [5.74, 6) is -0.177. The molecule has 0 amide bonds. The van der Waals surface area contributed by atoms with E-state index in [0.29, 0.717) is 11.4 Å². The molecule has 3 aliphatic carbocycles. The van der Waals surface area contributed by atoms with E-state index >= 15 is 0 Å². The van der Waals surface area contributed by atoms with Crippen molar-refractivity contribution < 1.29 is 5.11 Å². The van der Waals surface area contributed by atoms with Gasteiger partial charge in [-0.2, -0.15) is 0 Å². The zero-order chi connectivity index (χ0) is 17.7. The predicted octanol–water partition coefficient (Wildman–Crippen LogP) is 5.34. The fourth-order valence-electron chi connectivity index (χ4n) is 4.51. The summed E-state index contributed by atoms with van der Waals surface area (Å²) in [5, 5.41) is 11.0. The van der Waals surface area contributed by atoms with Crippen LogP contribution >= 0.6 is 34.8 Å². The van der Waals surface area contributed by atoms with Gasteiger partial charge in [0, 0.05) is 11.8 Å². The number of rotatable bonds is 0. The molecule has 1 heterocycles. The summed E-state index contributed by atoms with van der Waals surface area (Å²) in [6.07, 6.45) is 4.86. The van der Waals surface area contributed by atoms with E-state index < -0.39 is 9.75 Å². The number of aliphatic hydroxyl groups excluding tert-OH is 1. The van der Waals surface area contributed by atoms with E-state index in [1.54, 1.807) is 0 Å². The Hall–Kier alpha value is -1.29. The summed E-state index contributed by atoms with van der Waals surface area (Å²) in [6, 6.07) is 3.98. The highest BCUT2D eigenvalue weighted by molar-refractivity contribution is 6.51. The van der Waals surface area contributed by atoms with Crippen LogP contribution in [0.2, 0.25) is 0 Å². The van der Waals surface area contributed by atoms with E-state index in [1.165, 1.54) is 0 Å². The maximum Gasteiger partial charge on any atom is 0.137 e. The first-order chi connectivity index (χ1) is 11.8. The Labute approximate surface area is 160 Å². The van der Waals surface area contributed by atoms with Crippen LogP contribution in [0.4, 0.5) is 0 Å². The van der Waals surface area contributed by atoms with Crippen LogP contribution in [-0.2, 0) is 4.87 Å². The van der Waals surface area contributed by atoms with Gasteiger partial charge in [0.2, 0.25) is 0 Å². The summed E-state index contributed by atoms with van der Waals surface area (Å²) in [4.78, 5) is 7.30. The van der Waals surface area contributed by atoms with Gasteiger partial charge in [-0.05, 0) is 43.5 Å². The van der Waals surface area contributed by atoms with Crippen molar-refractivity contribution in [1.29, 1.82) is 0 Å². The SMILES string of the molecule is Cc1cc2nc3c(nc2cc1C)C1(Cl)[C@H]2C=C[C@H](C2)C1(Cl)C(O)=C3Cl. The number of aromatic nitrogens is 2. The molecular weight excluding hydrogens is 379 g/mol. The second kappa shape index (κ2) is 4.70. The molecular formula is C19H15Cl3N2O. The lowest BCUT2D eigenvalue weighted by molar-refractivity contribution is 0.282. The third kappa shape index (κ3) is 1.66. The van der Waals surface area contributed by atoms with Crippen LogP contribution in [0.1, 0.15) is 28.9 Å². The number of halogens is 3. The molecule has 2 bridgehead atoms. The molecule has 1 aromatic carbocycles. The van der Waals surface area contributed by atoms with Crippen LogP contribution in [0.25, 0.3) is 16.1 Å². The first kappa shape index (κ1) is 15.9. The van der Waals surface area contributed by atoms with Crippen LogP contribution in [-0.4, -0.2) is 19.9 Å². The Kier molecular flexibility index (Phi) is 3.00. The van der Waals surface area contributed by atoms with Gasteiger partial charge < -0.3 is 5.11 Å². The molecule has 3 aliphatic rings. The smallest absolute Gasteiger partial charge is 0.137 e. The molecule has 1 saturated carbocycles. The van der Waals surface area contributed by atoms with Crippen molar-refractivity contribution in [3.63, 3.8) is 0 Å². The van der Waals surface area contributed by atoms with Crippen molar-refractivity contribution in [2.75, 3.05) is 0 Å². The molecule has 2 aromatic rings. The Morgan fingerprint density at radius 2 is 1.56 bits per heavy atom. The van der Waals surface area contributed by atoms with Gasteiger partial charge in [0.1, 0.15) is 26.2 Å². The molecule has 5 rings (SSSR count). The van der Waals surface area contributed by atoms with Gasteiger partial charge in [-0.15, -0.1) is 23.2 Å². The van der Waals surface area contributed by atoms with Crippen LogP contribution < -0.4 is 0 Å². The molecule has 3 nitrogen and oxygen atoms in total. The summed E-state index contributed by atoms with van der Waals surface area (Å²) >= 11 is 20.6. The molecule has 4 atom stereocenters. The van der Waals surface area contributed by atoms with Gasteiger partial charge in [0.15, 0.2) is 0 Å². The first-order valence-electron chi connectivity index (χ1n) is 8.23. The van der Waals surface area contributed by atoms with Gasteiger partial charge in [0.25, 0.3) is 0 Å². The number of nitrogens with zero attached hydrogens (tertiary/aromatic N) is 2. The highest BCUT2D eigenvalue weighted by Crippen LogP contribution is 2.69. The quantitative estimate of drug-likeness (QED) is 0.485. The molecule has 1 N–H and O–H groups in total. The summed E-state index contributed by atoms with van der Waals surface area (Å²) in [5.41, 5.74) is 4.75. The lowest BCUT2D eigenvalue weighted by Crippen LogP contribution is -2.51. The zero-order valence-electron chi connectivity index (χ0n) is 13.6. The number of fused-ring (bicyclic) bond motifs is 8. The lowest BCUT2D eigenvalue weighted by Gasteiger charge is -2.45. The summed E-state index contributed by atoms with van der Waals surface area (Å²) in [7, 11) is 0. The van der Waals surface area contributed by atoms with Crippen LogP contribution in [0.3, 0.4) is 0 Å². The molecule has 0 saturated heterocycles. The van der Waals surface area contributed by atoms with E-state index in [1.807, 2.05) is 32.1 Å². The molecule has 6 heteroatoms. The van der Waals surface area contributed by atoms with Crippen molar-refractivity contribution in [1.82, 2.24) is 9.97 Å². The van der Waals surface area contributed by atoms with Crippen molar-refractivity contribution in [2.24, 2.45) is 11.8 Å². The third-order valence-corrected chi connectivity index (χ3v) is 7.99. The Bertz CT molecular complexity index is 1030. The van der Waals surface area contributed by atoms with Crippen molar-refractivity contribution in [3.05, 3.63) is 52.6 Å². The number of benzene rings is 1. The van der Waals surface area contributed by atoms with Gasteiger partial charge in [-0.1, -0.05) is 23.8 Å². The Morgan fingerprint density at radius 3 is 2.20 bits per heavy atom. The number of hydrogen-bond donors (Lipinski definition) is 1. The number of aryl methyl sites for hydroxylation is 2. The molecule has 25 heavy (non-hydrogen) atoms. The second-order valence-corrected chi connectivity index (χ2v) is 8.84. The number of aliphatic hydroxyl groups is 1. The van der Waals surface area contributed by atoms with Gasteiger partial charge in [0.05, 0.1) is 16.7 Å². The Morgan fingerprint density at radius 1 is 1.00 bits per heavy atom. The van der Waals surface area contributed by atoms with Crippen LogP contribution in [0, 0.1) is 25.7 Å². The van der Waals surface area contributed by atoms with Gasteiger partial charge in [-0.25, -0.2) is 9.97 Å². The minimum Gasteiger partial charge on any atom is -0.509 e. The first-order valence-corrected chi connectivity index (χ1v) is 9.37. The third-order valence-electron chi connectivity index (χ3n) is 6.02. The number of allylic oxidation sites excluding steroid dienone is 3. The topological polar surface area (TPSA) is 46.0 Å². The number of alkyl halides is 2. The zero-order valence-corrected chi connectivity index (χ0v) is 15.9. The normalized spacial score (nSPS) is 35.4. The molecule has 0 radical (unpaired) electrons. The highest BCUT2D eigenvalue weighted by Gasteiger charge is 2.71.